The molecule has 3 aromatic heterocycles. The fourth-order valence-corrected chi connectivity index (χ4v) is 7.88. The maximum Gasteiger partial charge on any atom is 0.238 e. The first-order valence-corrected chi connectivity index (χ1v) is 17.4. The average Bonchev–Trinajstić information content (AvgIpc) is 3.75. The van der Waals surface area contributed by atoms with Crippen LogP contribution in [-0.2, 0) is 0 Å². The highest BCUT2D eigenvalue weighted by molar-refractivity contribution is 6.10. The standard InChI is InChI=1S/C46H32N4O/c1-29-27-28-39-41(40(29)37-25-14-24-35-34-23-13-22-33(42(34)51-43(35)37)30-15-5-2-6-16-30)36-21-11-12-26-38(36)50(39)46-48-44(31-17-7-3-8-18-31)47-45(49-46)32-19-9-4-10-20-32/h2-29,40H,1H3. The second-order valence-electron chi connectivity index (χ2n) is 13.2. The van der Waals surface area contributed by atoms with Crippen LogP contribution in [0.1, 0.15) is 29.7 Å². The number of benzene rings is 6. The Morgan fingerprint density at radius 2 is 1.10 bits per heavy atom. The van der Waals surface area contributed by atoms with E-state index < -0.39 is 0 Å². The average molecular weight is 657 g/mol. The van der Waals surface area contributed by atoms with Crippen LogP contribution in [-0.4, -0.2) is 19.5 Å². The van der Waals surface area contributed by atoms with Crippen molar-refractivity contribution in [3.05, 3.63) is 175 Å². The third kappa shape index (κ3) is 4.73. The molecule has 1 aliphatic carbocycles. The molecule has 10 rings (SSSR count). The molecule has 2 atom stereocenters. The van der Waals surface area contributed by atoms with Crippen LogP contribution < -0.4 is 0 Å². The van der Waals surface area contributed by atoms with E-state index in [4.69, 9.17) is 19.4 Å². The van der Waals surface area contributed by atoms with Gasteiger partial charge in [0.15, 0.2) is 11.6 Å². The molecule has 0 spiro atoms. The van der Waals surface area contributed by atoms with Crippen LogP contribution >= 0.6 is 0 Å². The van der Waals surface area contributed by atoms with Crippen LogP contribution in [0.15, 0.2) is 162 Å². The van der Waals surface area contributed by atoms with Gasteiger partial charge in [0.1, 0.15) is 11.2 Å². The van der Waals surface area contributed by atoms with Gasteiger partial charge in [-0.2, -0.15) is 9.97 Å². The molecule has 0 N–H and O–H groups in total. The molecule has 0 bridgehead atoms. The summed E-state index contributed by atoms with van der Waals surface area (Å²) in [4.78, 5) is 15.3. The highest BCUT2D eigenvalue weighted by atomic mass is 16.3. The van der Waals surface area contributed by atoms with Crippen LogP contribution in [0.25, 0.3) is 78.8 Å². The zero-order chi connectivity index (χ0) is 33.9. The molecule has 0 saturated carbocycles. The van der Waals surface area contributed by atoms with Crippen molar-refractivity contribution < 1.29 is 4.42 Å². The number of para-hydroxylation sites is 3. The lowest BCUT2D eigenvalue weighted by Gasteiger charge is -2.27. The third-order valence-corrected chi connectivity index (χ3v) is 10.2. The van der Waals surface area contributed by atoms with Gasteiger partial charge in [0.05, 0.1) is 11.2 Å². The Morgan fingerprint density at radius 1 is 0.529 bits per heavy atom. The lowest BCUT2D eigenvalue weighted by Crippen LogP contribution is -2.16. The van der Waals surface area contributed by atoms with E-state index in [9.17, 15) is 0 Å². The number of hydrogen-bond donors (Lipinski definition) is 0. The Labute approximate surface area is 295 Å². The van der Waals surface area contributed by atoms with Crippen LogP contribution in [0.4, 0.5) is 0 Å². The summed E-state index contributed by atoms with van der Waals surface area (Å²) in [5.74, 6) is 2.10. The van der Waals surface area contributed by atoms with Crippen molar-refractivity contribution in [2.45, 2.75) is 12.8 Å². The van der Waals surface area contributed by atoms with Gasteiger partial charge in [-0.05, 0) is 29.2 Å². The van der Waals surface area contributed by atoms with Gasteiger partial charge in [0, 0.05) is 44.3 Å². The Balaban J connectivity index is 1.22. The minimum Gasteiger partial charge on any atom is -0.455 e. The Hall–Kier alpha value is -6.59. The number of nitrogens with zero attached hydrogens (tertiary/aromatic N) is 4. The van der Waals surface area contributed by atoms with Gasteiger partial charge in [-0.1, -0.05) is 159 Å². The minimum absolute atomic E-state index is 0.0320. The van der Waals surface area contributed by atoms with E-state index in [2.05, 4.69) is 109 Å². The first-order valence-electron chi connectivity index (χ1n) is 17.4. The highest BCUT2D eigenvalue weighted by Crippen LogP contribution is 2.48. The number of aromatic nitrogens is 4. The van der Waals surface area contributed by atoms with Crippen molar-refractivity contribution in [1.82, 2.24) is 19.5 Å². The molecule has 51 heavy (non-hydrogen) atoms. The van der Waals surface area contributed by atoms with Crippen LogP contribution in [0.3, 0.4) is 0 Å². The van der Waals surface area contributed by atoms with Gasteiger partial charge < -0.3 is 4.42 Å². The van der Waals surface area contributed by atoms with Gasteiger partial charge in [-0.3, -0.25) is 4.57 Å². The number of hydrogen-bond acceptors (Lipinski definition) is 4. The summed E-state index contributed by atoms with van der Waals surface area (Å²) in [5, 5.41) is 3.43. The molecule has 0 radical (unpaired) electrons. The van der Waals surface area contributed by atoms with Crippen molar-refractivity contribution in [2.24, 2.45) is 5.92 Å². The number of fused-ring (bicyclic) bond motifs is 6. The maximum absolute atomic E-state index is 6.95. The molecule has 5 nitrogen and oxygen atoms in total. The zero-order valence-corrected chi connectivity index (χ0v) is 27.9. The SMILES string of the molecule is CC1C=Cc2c(c3ccccc3n2-c2nc(-c3ccccc3)nc(-c3ccccc3)n2)C1c1cccc2c1oc1c(-c3ccccc3)cccc12. The molecule has 0 amide bonds. The maximum atomic E-state index is 6.95. The molecule has 0 fully saturated rings. The van der Waals surface area contributed by atoms with Gasteiger partial charge >= 0.3 is 0 Å². The second kappa shape index (κ2) is 11.8. The molecule has 242 valence electrons. The second-order valence-corrected chi connectivity index (χ2v) is 13.2. The van der Waals surface area contributed by atoms with E-state index in [0.29, 0.717) is 17.6 Å². The smallest absolute Gasteiger partial charge is 0.238 e. The molecule has 5 heteroatoms. The lowest BCUT2D eigenvalue weighted by molar-refractivity contribution is 0.601. The lowest BCUT2D eigenvalue weighted by atomic mass is 9.77. The molecule has 1 aliphatic rings. The Morgan fingerprint density at radius 3 is 1.78 bits per heavy atom. The summed E-state index contributed by atoms with van der Waals surface area (Å²) in [6.07, 6.45) is 4.56. The fourth-order valence-electron chi connectivity index (χ4n) is 7.88. The molecular formula is C46H32N4O. The summed E-state index contributed by atoms with van der Waals surface area (Å²) in [6.45, 7) is 2.30. The number of rotatable bonds is 5. The highest BCUT2D eigenvalue weighted by Gasteiger charge is 2.34. The predicted molar refractivity (Wildman–Crippen MR) is 207 cm³/mol. The topological polar surface area (TPSA) is 56.7 Å². The van der Waals surface area contributed by atoms with Gasteiger partial charge in [0.25, 0.3) is 0 Å². The van der Waals surface area contributed by atoms with Crippen molar-refractivity contribution >= 4 is 38.9 Å². The van der Waals surface area contributed by atoms with Gasteiger partial charge in [-0.25, -0.2) is 4.98 Å². The molecule has 2 unspecified atom stereocenters. The molecule has 0 saturated heterocycles. The normalized spacial score (nSPS) is 15.5. The van der Waals surface area contributed by atoms with E-state index in [1.807, 2.05) is 66.7 Å². The van der Waals surface area contributed by atoms with E-state index in [-0.39, 0.29) is 11.8 Å². The van der Waals surface area contributed by atoms with Gasteiger partial charge in [-0.15, -0.1) is 0 Å². The van der Waals surface area contributed by atoms with E-state index in [0.717, 1.165) is 55.4 Å². The quantitative estimate of drug-likeness (QED) is 0.185. The van der Waals surface area contributed by atoms with Gasteiger partial charge in [0.2, 0.25) is 5.95 Å². The summed E-state index contributed by atoms with van der Waals surface area (Å²) in [7, 11) is 0. The van der Waals surface area contributed by atoms with Crippen molar-refractivity contribution in [3.63, 3.8) is 0 Å². The summed E-state index contributed by atoms with van der Waals surface area (Å²) in [6, 6.07) is 52.5. The monoisotopic (exact) mass is 656 g/mol. The van der Waals surface area contributed by atoms with Crippen molar-refractivity contribution in [1.29, 1.82) is 0 Å². The molecule has 0 aliphatic heterocycles. The fraction of sp³-hybridized carbons (Fsp3) is 0.0652. The van der Waals surface area contributed by atoms with Crippen molar-refractivity contribution in [2.75, 3.05) is 0 Å². The van der Waals surface area contributed by atoms with Crippen molar-refractivity contribution in [3.8, 4) is 39.9 Å². The largest absolute Gasteiger partial charge is 0.455 e. The van der Waals surface area contributed by atoms with Crippen LogP contribution in [0, 0.1) is 5.92 Å². The minimum atomic E-state index is 0.0320. The predicted octanol–water partition coefficient (Wildman–Crippen LogP) is 11.5. The van der Waals surface area contributed by atoms with E-state index >= 15 is 0 Å². The first kappa shape index (κ1) is 29.3. The third-order valence-electron chi connectivity index (χ3n) is 10.2. The molecule has 9 aromatic rings. The van der Waals surface area contributed by atoms with E-state index in [1.54, 1.807) is 0 Å². The van der Waals surface area contributed by atoms with Crippen LogP contribution in [0.5, 0.6) is 0 Å². The summed E-state index contributed by atoms with van der Waals surface area (Å²) in [5.41, 5.74) is 10.5. The number of allylic oxidation sites excluding steroid dienone is 1. The number of furan rings is 1. The summed E-state index contributed by atoms with van der Waals surface area (Å²) >= 11 is 0. The van der Waals surface area contributed by atoms with E-state index in [1.165, 1.54) is 16.5 Å². The Kier molecular flexibility index (Phi) is 6.78. The molecular weight excluding hydrogens is 625 g/mol. The zero-order valence-electron chi connectivity index (χ0n) is 27.9. The van der Waals surface area contributed by atoms with Crippen LogP contribution in [0.2, 0.25) is 0 Å². The Bertz CT molecular complexity index is 2710. The molecule has 3 heterocycles. The summed E-state index contributed by atoms with van der Waals surface area (Å²) < 4.78 is 9.17. The molecule has 6 aromatic carbocycles. The first-order chi connectivity index (χ1) is 25.2.